The Morgan fingerprint density at radius 1 is 0.338 bits per heavy atom. The molecule has 0 amide bonds. The first-order chi connectivity index (χ1) is 39.5. The monoisotopic (exact) mass is 1100 g/mol. The summed E-state index contributed by atoms with van der Waals surface area (Å²) in [5, 5.41) is 1.03. The average Bonchev–Trinajstić information content (AvgIpc) is 4.44. The van der Waals surface area contributed by atoms with E-state index in [4.69, 9.17) is 22.1 Å². The van der Waals surface area contributed by atoms with Crippen LogP contribution < -0.4 is 0 Å². The summed E-state index contributed by atoms with van der Waals surface area (Å²) < 4.78 is 27.7. The van der Waals surface area contributed by atoms with Gasteiger partial charge in [-0.1, -0.05) is 285 Å². The molecule has 0 aliphatic heterocycles. The molecule has 0 spiro atoms. The molecule has 0 aliphatic rings. The molecule has 5 aromatic carbocycles. The second kappa shape index (κ2) is 47.8. The van der Waals surface area contributed by atoms with Gasteiger partial charge in [0.2, 0.25) is 0 Å². The number of hydrogen-bond donors (Lipinski definition) is 0. The van der Waals surface area contributed by atoms with Crippen LogP contribution in [0.3, 0.4) is 0 Å². The SMILES string of the molecule is CC.CC.CC.CC.CC.CCCCCCSc1ccc(-c2ccccc2)o1.CCCCCCc1ccc(-c2ccccc2)o1.Cc1ccc(-c2ccccc2)o1.Cc1coc(-c2ccccc2)c1.c1ccc(-c2ccco2)cc1. The fourth-order valence-corrected chi connectivity index (χ4v) is 8.14. The Bertz CT molecular complexity index is 2740. The first-order valence-corrected chi connectivity index (χ1v) is 30.7. The van der Waals surface area contributed by atoms with Gasteiger partial charge in [-0.05, 0) is 86.8 Å². The lowest BCUT2D eigenvalue weighted by Gasteiger charge is -1.98. The summed E-state index contributed by atoms with van der Waals surface area (Å²) in [5.41, 5.74) is 6.85. The van der Waals surface area contributed by atoms with E-state index in [1.165, 1.54) is 51.4 Å². The highest BCUT2D eigenvalue weighted by Gasteiger charge is 2.06. The number of furan rings is 5. The van der Waals surface area contributed by atoms with E-state index in [0.29, 0.717) is 0 Å². The lowest BCUT2D eigenvalue weighted by atomic mass is 10.1. The van der Waals surface area contributed by atoms with Crippen LogP contribution in [0, 0.1) is 13.8 Å². The van der Waals surface area contributed by atoms with E-state index in [0.717, 1.165) is 91.0 Å². The number of unbranched alkanes of at least 4 members (excludes halogenated alkanes) is 6. The van der Waals surface area contributed by atoms with E-state index in [1.54, 1.807) is 12.5 Å². The molecule has 0 radical (unpaired) electrons. The smallest absolute Gasteiger partial charge is 0.160 e. The topological polar surface area (TPSA) is 65.7 Å². The average molecular weight is 1100 g/mol. The van der Waals surface area contributed by atoms with Crippen molar-refractivity contribution in [1.82, 2.24) is 0 Å². The maximum Gasteiger partial charge on any atom is 0.160 e. The van der Waals surface area contributed by atoms with Gasteiger partial charge in [0.25, 0.3) is 0 Å². The van der Waals surface area contributed by atoms with Gasteiger partial charge in [-0.15, -0.1) is 0 Å². The van der Waals surface area contributed by atoms with Gasteiger partial charge in [0.1, 0.15) is 40.3 Å². The molecular weight excluding hydrogens is 1000 g/mol. The van der Waals surface area contributed by atoms with Crippen molar-refractivity contribution in [3.05, 3.63) is 236 Å². The fraction of sp³-hybridized carbons (Fsp3) is 0.324. The summed E-state index contributed by atoms with van der Waals surface area (Å²) in [7, 11) is 0. The summed E-state index contributed by atoms with van der Waals surface area (Å²) >= 11 is 1.82. The van der Waals surface area contributed by atoms with Gasteiger partial charge in [0.15, 0.2) is 5.09 Å². The molecule has 0 saturated carbocycles. The van der Waals surface area contributed by atoms with Crippen LogP contribution in [0.5, 0.6) is 0 Å². The minimum atomic E-state index is 0.922. The quantitative estimate of drug-likeness (QED) is 0.0709. The van der Waals surface area contributed by atoms with Crippen LogP contribution >= 0.6 is 11.8 Å². The highest BCUT2D eigenvalue weighted by atomic mass is 32.2. The van der Waals surface area contributed by atoms with Crippen LogP contribution in [0.25, 0.3) is 56.6 Å². The highest BCUT2D eigenvalue weighted by molar-refractivity contribution is 7.99. The predicted molar refractivity (Wildman–Crippen MR) is 350 cm³/mol. The minimum absolute atomic E-state index is 0.922. The molecule has 10 aromatic rings. The molecule has 0 N–H and O–H groups in total. The second-order valence-electron chi connectivity index (χ2n) is 16.8. The van der Waals surface area contributed by atoms with Crippen molar-refractivity contribution in [2.75, 3.05) is 5.75 Å². The number of hydrogen-bond acceptors (Lipinski definition) is 6. The summed E-state index contributed by atoms with van der Waals surface area (Å²) in [6.07, 6.45) is 14.9. The standard InChI is InChI=1S/C16H20OS.C16H20O.2C11H10O.C10H8O.5C2H6/c1-2-3-4-8-13-18-16-12-11-15(17-16)14-9-6-5-7-10-14;1-2-3-4-8-11-15-12-13-16(17-15)14-9-6-5-7-10-14;1-9-7-11(12-8-9)10-5-3-2-4-6-10;1-9-7-8-11(12-9)10-5-3-2-4-6-10;1-2-5-9(6-3-1)10-7-4-8-11-10;5*1-2/h5-7,9-12H,2-4,8,13H2,1H3;5-7,9-10,12-13H,2-4,8,11H2,1H3;2*2-8H,1H3;1-8H;5*1-2H3. The first kappa shape index (κ1) is 70.9. The van der Waals surface area contributed by atoms with Crippen molar-refractivity contribution in [3.63, 3.8) is 0 Å². The molecule has 6 heteroatoms. The van der Waals surface area contributed by atoms with Gasteiger partial charge in [0, 0.05) is 40.0 Å². The summed E-state index contributed by atoms with van der Waals surface area (Å²) in [6, 6.07) is 68.9. The fourth-order valence-electron chi connectivity index (χ4n) is 7.28. The first-order valence-electron chi connectivity index (χ1n) is 29.7. The lowest BCUT2D eigenvalue weighted by Crippen LogP contribution is -1.82. The Kier molecular flexibility index (Phi) is 42.4. The van der Waals surface area contributed by atoms with E-state index >= 15 is 0 Å². The molecule has 0 unspecified atom stereocenters. The lowest BCUT2D eigenvalue weighted by molar-refractivity contribution is 0.487. The van der Waals surface area contributed by atoms with Crippen LogP contribution in [-0.2, 0) is 6.42 Å². The largest absolute Gasteiger partial charge is 0.464 e. The molecular formula is C74H98O5S. The van der Waals surface area contributed by atoms with Gasteiger partial charge in [-0.3, -0.25) is 0 Å². The van der Waals surface area contributed by atoms with Crippen molar-refractivity contribution < 1.29 is 22.1 Å². The van der Waals surface area contributed by atoms with Crippen LogP contribution in [-0.4, -0.2) is 5.75 Å². The number of thioether (sulfide) groups is 1. The van der Waals surface area contributed by atoms with E-state index in [9.17, 15) is 0 Å². The van der Waals surface area contributed by atoms with Crippen molar-refractivity contribution in [1.29, 1.82) is 0 Å². The number of rotatable bonds is 16. The number of benzene rings is 5. The van der Waals surface area contributed by atoms with Gasteiger partial charge in [-0.25, -0.2) is 0 Å². The van der Waals surface area contributed by atoms with E-state index in [-0.39, 0.29) is 0 Å². The van der Waals surface area contributed by atoms with E-state index in [2.05, 4.69) is 62.4 Å². The molecule has 0 saturated heterocycles. The van der Waals surface area contributed by atoms with Gasteiger partial charge in [-0.2, -0.15) is 0 Å². The van der Waals surface area contributed by atoms with Gasteiger partial charge in [0.05, 0.1) is 12.5 Å². The van der Waals surface area contributed by atoms with E-state index in [1.807, 2.05) is 253 Å². The second-order valence-corrected chi connectivity index (χ2v) is 17.9. The molecule has 0 fully saturated rings. The Balaban J connectivity index is 0.000000485. The third-order valence-corrected chi connectivity index (χ3v) is 12.0. The van der Waals surface area contributed by atoms with Crippen LogP contribution in [0.1, 0.15) is 152 Å². The highest BCUT2D eigenvalue weighted by Crippen LogP contribution is 2.29. The van der Waals surface area contributed by atoms with Crippen LogP contribution in [0.2, 0.25) is 0 Å². The maximum absolute atomic E-state index is 5.85. The zero-order valence-corrected chi connectivity index (χ0v) is 52.1. The van der Waals surface area contributed by atoms with Crippen molar-refractivity contribution >= 4 is 11.8 Å². The summed E-state index contributed by atoms with van der Waals surface area (Å²) in [6.45, 7) is 28.5. The van der Waals surface area contributed by atoms with Gasteiger partial charge >= 0.3 is 0 Å². The third kappa shape index (κ3) is 29.2. The normalized spacial score (nSPS) is 9.43. The molecule has 5 aromatic heterocycles. The molecule has 0 aliphatic carbocycles. The Labute approximate surface area is 489 Å². The molecule has 10 rings (SSSR count). The van der Waals surface area contributed by atoms with Crippen molar-refractivity contribution in [2.45, 2.75) is 160 Å². The third-order valence-electron chi connectivity index (χ3n) is 11.0. The Hall–Kier alpha value is -7.15. The zero-order chi connectivity index (χ0) is 58.9. The Morgan fingerprint density at radius 3 is 1.16 bits per heavy atom. The number of aryl methyl sites for hydroxylation is 3. The minimum Gasteiger partial charge on any atom is -0.464 e. The van der Waals surface area contributed by atoms with Crippen molar-refractivity contribution in [2.24, 2.45) is 0 Å². The molecule has 0 bridgehead atoms. The molecule has 5 nitrogen and oxygen atoms in total. The molecule has 430 valence electrons. The maximum atomic E-state index is 5.85. The van der Waals surface area contributed by atoms with Crippen LogP contribution in [0.4, 0.5) is 0 Å². The predicted octanol–water partition coefficient (Wildman–Crippen LogP) is 25.3. The molecule has 80 heavy (non-hydrogen) atoms. The zero-order valence-electron chi connectivity index (χ0n) is 51.3. The van der Waals surface area contributed by atoms with Crippen LogP contribution in [0.15, 0.2) is 246 Å². The molecule has 0 atom stereocenters. The Morgan fingerprint density at radius 2 is 0.750 bits per heavy atom. The van der Waals surface area contributed by atoms with Gasteiger partial charge < -0.3 is 22.1 Å². The van der Waals surface area contributed by atoms with E-state index < -0.39 is 0 Å². The summed E-state index contributed by atoms with van der Waals surface area (Å²) in [5.74, 6) is 7.96. The molecule has 5 heterocycles. The summed E-state index contributed by atoms with van der Waals surface area (Å²) in [4.78, 5) is 0. The van der Waals surface area contributed by atoms with Crippen molar-refractivity contribution in [3.8, 4) is 56.6 Å².